The van der Waals surface area contributed by atoms with E-state index < -0.39 is 36.0 Å². The largest absolute Gasteiger partial charge is 0.508 e. The van der Waals surface area contributed by atoms with Gasteiger partial charge in [0.15, 0.2) is 5.96 Å². The van der Waals surface area contributed by atoms with Crippen molar-refractivity contribution in [3.05, 3.63) is 29.8 Å². The lowest BCUT2D eigenvalue weighted by Crippen LogP contribution is -2.58. The van der Waals surface area contributed by atoms with Gasteiger partial charge in [-0.25, -0.2) is 0 Å². The number of aromatic hydroxyl groups is 1. The van der Waals surface area contributed by atoms with Crippen molar-refractivity contribution in [2.75, 3.05) is 26.2 Å². The maximum atomic E-state index is 14.2. The van der Waals surface area contributed by atoms with Crippen LogP contribution in [0, 0.1) is 11.3 Å². The summed E-state index contributed by atoms with van der Waals surface area (Å²) >= 11 is 0. The first kappa shape index (κ1) is 43.0. The van der Waals surface area contributed by atoms with Gasteiger partial charge in [0.05, 0.1) is 0 Å². The van der Waals surface area contributed by atoms with Gasteiger partial charge in [-0.1, -0.05) is 58.6 Å². The van der Waals surface area contributed by atoms with Gasteiger partial charge in [0, 0.05) is 39.0 Å². The molecule has 1 aromatic carbocycles. The topological polar surface area (TPSA) is 210 Å². The second-order valence-corrected chi connectivity index (χ2v) is 15.0. The lowest BCUT2D eigenvalue weighted by atomic mass is 10.00. The number of benzene rings is 1. The fraction of sp³-hybridized carbons (Fsp3) is 0.692. The van der Waals surface area contributed by atoms with E-state index in [1.807, 2.05) is 13.8 Å². The minimum absolute atomic E-state index is 0.0301. The molecule has 0 spiro atoms. The van der Waals surface area contributed by atoms with Crippen molar-refractivity contribution in [1.29, 1.82) is 5.41 Å². The van der Waals surface area contributed by atoms with Gasteiger partial charge in [-0.15, -0.1) is 0 Å². The molecule has 0 aromatic heterocycles. The van der Waals surface area contributed by atoms with Crippen LogP contribution in [0.5, 0.6) is 5.75 Å². The zero-order chi connectivity index (χ0) is 38.8. The Hall–Kier alpha value is -4.36. The Morgan fingerprint density at radius 1 is 0.849 bits per heavy atom. The number of hydrogen-bond acceptors (Lipinski definition) is 7. The molecule has 53 heavy (non-hydrogen) atoms. The van der Waals surface area contributed by atoms with Gasteiger partial charge in [0.2, 0.25) is 29.5 Å². The quantitative estimate of drug-likeness (QED) is 0.0565. The Bertz CT molecular complexity index is 1350. The number of rotatable bonds is 21. The molecule has 0 saturated carbocycles. The molecule has 1 aromatic rings. The van der Waals surface area contributed by atoms with Crippen LogP contribution in [-0.4, -0.2) is 101 Å². The Morgan fingerprint density at radius 2 is 1.55 bits per heavy atom. The molecule has 296 valence electrons. The van der Waals surface area contributed by atoms with E-state index in [2.05, 4.69) is 28.2 Å². The van der Waals surface area contributed by atoms with Gasteiger partial charge < -0.3 is 41.9 Å². The molecule has 2 aliphatic heterocycles. The SMILES string of the molecule is CCCCCCCC(=O)N[C@@H](Cc1ccc(O)cc1)C(=O)N[C@@H](CC(C)C)C(=O)N1CCC[C@H]1C(=O)N[C@H](CCCNC(=N)N)C(=O)N1CCCCC1. The van der Waals surface area contributed by atoms with Crippen molar-refractivity contribution in [3.63, 3.8) is 0 Å². The van der Waals surface area contributed by atoms with E-state index in [0.717, 1.165) is 50.5 Å². The summed E-state index contributed by atoms with van der Waals surface area (Å²) in [7, 11) is 0. The predicted octanol–water partition coefficient (Wildman–Crippen LogP) is 3.06. The Balaban J connectivity index is 1.74. The van der Waals surface area contributed by atoms with E-state index in [1.54, 1.807) is 17.0 Å². The van der Waals surface area contributed by atoms with Crippen molar-refractivity contribution >= 4 is 35.5 Å². The van der Waals surface area contributed by atoms with E-state index >= 15 is 0 Å². The lowest BCUT2D eigenvalue weighted by Gasteiger charge is -2.33. The van der Waals surface area contributed by atoms with Gasteiger partial charge in [-0.05, 0) is 81.4 Å². The Labute approximate surface area is 315 Å². The highest BCUT2D eigenvalue weighted by atomic mass is 16.3. The van der Waals surface area contributed by atoms with E-state index in [9.17, 15) is 29.1 Å². The molecule has 14 nitrogen and oxygen atoms in total. The van der Waals surface area contributed by atoms with Crippen LogP contribution in [-0.2, 0) is 30.4 Å². The second kappa shape index (κ2) is 22.7. The van der Waals surface area contributed by atoms with Crippen LogP contribution in [0.3, 0.4) is 0 Å². The number of guanidine groups is 1. The van der Waals surface area contributed by atoms with Crippen LogP contribution in [0.15, 0.2) is 24.3 Å². The number of nitrogens with zero attached hydrogens (tertiary/aromatic N) is 2. The van der Waals surface area contributed by atoms with Gasteiger partial charge in [-0.3, -0.25) is 29.4 Å². The molecular formula is C39H64N8O6. The summed E-state index contributed by atoms with van der Waals surface area (Å²) in [5, 5.41) is 28.7. The summed E-state index contributed by atoms with van der Waals surface area (Å²) in [5.41, 5.74) is 6.16. The minimum Gasteiger partial charge on any atom is -0.508 e. The number of piperidine rings is 1. The monoisotopic (exact) mass is 740 g/mol. The molecule has 14 heteroatoms. The van der Waals surface area contributed by atoms with Crippen LogP contribution in [0.4, 0.5) is 0 Å². The van der Waals surface area contributed by atoms with E-state index in [1.165, 1.54) is 17.0 Å². The van der Waals surface area contributed by atoms with Crippen LogP contribution in [0.1, 0.15) is 116 Å². The smallest absolute Gasteiger partial charge is 0.245 e. The van der Waals surface area contributed by atoms with Crippen molar-refractivity contribution in [3.8, 4) is 5.75 Å². The molecule has 0 radical (unpaired) electrons. The maximum absolute atomic E-state index is 14.2. The maximum Gasteiger partial charge on any atom is 0.245 e. The number of amides is 5. The molecule has 3 rings (SSSR count). The fourth-order valence-electron chi connectivity index (χ4n) is 7.09. The number of phenolic OH excluding ortho intramolecular Hbond substituents is 1. The van der Waals surface area contributed by atoms with Gasteiger partial charge in [0.25, 0.3) is 0 Å². The number of carbonyl (C=O) groups excluding carboxylic acids is 5. The van der Waals surface area contributed by atoms with Gasteiger partial charge in [-0.2, -0.15) is 0 Å². The summed E-state index contributed by atoms with van der Waals surface area (Å²) < 4.78 is 0. The molecule has 0 aliphatic carbocycles. The summed E-state index contributed by atoms with van der Waals surface area (Å²) in [4.78, 5) is 72.0. The third kappa shape index (κ3) is 14.9. The highest BCUT2D eigenvalue weighted by Crippen LogP contribution is 2.22. The summed E-state index contributed by atoms with van der Waals surface area (Å²) in [6.07, 6.45) is 10.4. The fourth-order valence-corrected chi connectivity index (χ4v) is 7.09. The first-order valence-corrected chi connectivity index (χ1v) is 19.7. The van der Waals surface area contributed by atoms with Crippen LogP contribution in [0.25, 0.3) is 0 Å². The molecule has 0 bridgehead atoms. The first-order valence-electron chi connectivity index (χ1n) is 19.7. The summed E-state index contributed by atoms with van der Waals surface area (Å²) in [6.45, 7) is 8.01. The highest BCUT2D eigenvalue weighted by Gasteiger charge is 2.40. The van der Waals surface area contributed by atoms with Crippen molar-refractivity contribution in [2.24, 2.45) is 11.7 Å². The van der Waals surface area contributed by atoms with Crippen LogP contribution in [0.2, 0.25) is 0 Å². The summed E-state index contributed by atoms with van der Waals surface area (Å²) in [5.74, 6) is -1.71. The first-order chi connectivity index (χ1) is 25.4. The third-order valence-electron chi connectivity index (χ3n) is 9.96. The normalized spacial score (nSPS) is 17.5. The van der Waals surface area contributed by atoms with Crippen LogP contribution >= 0.6 is 0 Å². The predicted molar refractivity (Wildman–Crippen MR) is 205 cm³/mol. The molecule has 0 unspecified atom stereocenters. The highest BCUT2D eigenvalue weighted by molar-refractivity contribution is 5.96. The molecule has 2 heterocycles. The van der Waals surface area contributed by atoms with E-state index in [0.29, 0.717) is 64.7 Å². The Kier molecular flexibility index (Phi) is 18.4. The number of hydrogen-bond donors (Lipinski definition) is 7. The molecule has 2 fully saturated rings. The van der Waals surface area contributed by atoms with Crippen LogP contribution < -0.4 is 27.0 Å². The van der Waals surface area contributed by atoms with E-state index in [-0.39, 0.29) is 48.2 Å². The molecular weight excluding hydrogens is 676 g/mol. The second-order valence-electron chi connectivity index (χ2n) is 15.0. The molecule has 8 N–H and O–H groups in total. The molecule has 5 amide bonds. The standard InChI is InChI=1S/C39H64N8O6/c1-4-5-6-7-9-16-34(49)43-31(26-28-17-19-29(48)20-18-28)35(50)45-32(25-27(2)3)38(53)47-24-13-15-33(47)36(51)44-30(14-12-21-42-39(40)41)37(52)46-22-10-8-11-23-46/h17-20,27,30-33,48H,4-16,21-26H2,1-3H3,(H,43,49)(H,44,51)(H,45,50)(H4,40,41,42)/t30-,31+,32+,33+/m1/s1. The minimum atomic E-state index is -0.957. The third-order valence-corrected chi connectivity index (χ3v) is 9.96. The number of carbonyl (C=O) groups is 5. The van der Waals surface area contributed by atoms with E-state index in [4.69, 9.17) is 11.1 Å². The number of nitrogens with one attached hydrogen (secondary N) is 5. The Morgan fingerprint density at radius 3 is 2.21 bits per heavy atom. The number of unbranched alkanes of at least 4 members (excludes halogenated alkanes) is 4. The van der Waals surface area contributed by atoms with Crippen molar-refractivity contribution in [1.82, 2.24) is 31.1 Å². The zero-order valence-electron chi connectivity index (χ0n) is 32.1. The molecule has 2 saturated heterocycles. The van der Waals surface area contributed by atoms with Crippen molar-refractivity contribution < 1.29 is 29.1 Å². The molecule has 2 aliphatic rings. The number of likely N-dealkylation sites (tertiary alicyclic amines) is 2. The van der Waals surface area contributed by atoms with Gasteiger partial charge in [0.1, 0.15) is 29.9 Å². The molecule has 4 atom stereocenters. The zero-order valence-corrected chi connectivity index (χ0v) is 32.1. The summed E-state index contributed by atoms with van der Waals surface area (Å²) in [6, 6.07) is 2.96. The number of nitrogens with two attached hydrogens (primary N) is 1. The number of phenols is 1. The van der Waals surface area contributed by atoms with Gasteiger partial charge >= 0.3 is 0 Å². The van der Waals surface area contributed by atoms with Crippen molar-refractivity contribution in [2.45, 2.75) is 141 Å². The average molecular weight is 741 g/mol. The lowest BCUT2D eigenvalue weighted by molar-refractivity contribution is -0.143. The average Bonchev–Trinajstić information content (AvgIpc) is 3.63.